The van der Waals surface area contributed by atoms with Crippen LogP contribution >= 0.6 is 0 Å². The van der Waals surface area contributed by atoms with Crippen LogP contribution in [0.25, 0.3) is 0 Å². The topological polar surface area (TPSA) is 243 Å². The number of imidazole rings is 1. The van der Waals surface area contributed by atoms with Crippen LogP contribution in [-0.4, -0.2) is 80.1 Å². The summed E-state index contributed by atoms with van der Waals surface area (Å²) in [6.45, 7) is 4.91. The molecule has 1 aromatic rings. The predicted molar refractivity (Wildman–Crippen MR) is 123 cm³/mol. The van der Waals surface area contributed by atoms with Crippen LogP contribution in [0.1, 0.15) is 45.7 Å². The molecule has 0 spiro atoms. The number of aromatic nitrogens is 2. The highest BCUT2D eigenvalue weighted by atomic mass is 16.4. The molecular weight excluding hydrogens is 462 g/mol. The number of nitrogens with zero attached hydrogens (tertiary/aromatic N) is 1. The number of aromatic amines is 1. The highest BCUT2D eigenvalue weighted by molar-refractivity contribution is 5.94. The number of aliphatic carboxylic acids is 1. The lowest BCUT2D eigenvalue weighted by Gasteiger charge is -2.26. The van der Waals surface area contributed by atoms with Gasteiger partial charge in [0, 0.05) is 24.7 Å². The summed E-state index contributed by atoms with van der Waals surface area (Å²) >= 11 is 0. The van der Waals surface area contributed by atoms with Gasteiger partial charge in [-0.3, -0.25) is 19.2 Å². The first-order chi connectivity index (χ1) is 16.3. The molecule has 14 heteroatoms. The van der Waals surface area contributed by atoms with E-state index in [1.165, 1.54) is 19.4 Å². The van der Waals surface area contributed by atoms with Crippen LogP contribution in [0, 0.1) is 5.92 Å². The number of carboxylic acids is 1. The van der Waals surface area contributed by atoms with E-state index in [1.807, 2.05) is 0 Å². The van der Waals surface area contributed by atoms with Crippen molar-refractivity contribution in [3.8, 4) is 0 Å². The molecule has 1 heterocycles. The van der Waals surface area contributed by atoms with Crippen molar-refractivity contribution in [2.75, 3.05) is 0 Å². The number of carbonyl (C=O) groups is 5. The van der Waals surface area contributed by atoms with Crippen molar-refractivity contribution in [3.63, 3.8) is 0 Å². The molecule has 35 heavy (non-hydrogen) atoms. The summed E-state index contributed by atoms with van der Waals surface area (Å²) in [5, 5.41) is 26.3. The van der Waals surface area contributed by atoms with Crippen LogP contribution in [0.4, 0.5) is 0 Å². The summed E-state index contributed by atoms with van der Waals surface area (Å²) in [5.41, 5.74) is 11.3. The van der Waals surface area contributed by atoms with Crippen LogP contribution in [0.15, 0.2) is 12.5 Å². The van der Waals surface area contributed by atoms with Crippen molar-refractivity contribution in [2.24, 2.45) is 17.4 Å². The Morgan fingerprint density at radius 2 is 1.57 bits per heavy atom. The van der Waals surface area contributed by atoms with E-state index in [0.717, 1.165) is 0 Å². The molecule has 0 bridgehead atoms. The number of aliphatic hydroxyl groups is 1. The van der Waals surface area contributed by atoms with Crippen molar-refractivity contribution >= 4 is 29.6 Å². The lowest BCUT2D eigenvalue weighted by molar-refractivity contribution is -0.142. The molecular formula is C21H35N7O7. The van der Waals surface area contributed by atoms with E-state index in [1.54, 1.807) is 13.8 Å². The molecule has 0 aliphatic rings. The highest BCUT2D eigenvalue weighted by Crippen LogP contribution is 2.09. The number of hydrogen-bond acceptors (Lipinski definition) is 8. The molecule has 4 amide bonds. The number of carboxylic acid groups (broad SMARTS) is 1. The first-order valence-electron chi connectivity index (χ1n) is 11.1. The molecule has 1 rings (SSSR count). The quantitative estimate of drug-likeness (QED) is 0.128. The van der Waals surface area contributed by atoms with E-state index in [9.17, 15) is 34.2 Å². The predicted octanol–water partition coefficient (Wildman–Crippen LogP) is -2.49. The van der Waals surface area contributed by atoms with Crippen molar-refractivity contribution in [1.82, 2.24) is 25.9 Å². The first-order valence-corrected chi connectivity index (χ1v) is 11.1. The fourth-order valence-corrected chi connectivity index (χ4v) is 3.11. The number of aliphatic hydroxyl groups excluding tert-OH is 1. The largest absolute Gasteiger partial charge is 0.480 e. The number of H-pyrrole nitrogens is 1. The Hall–Kier alpha value is -3.52. The van der Waals surface area contributed by atoms with Gasteiger partial charge in [0.2, 0.25) is 23.6 Å². The zero-order valence-corrected chi connectivity index (χ0v) is 20.0. The number of primary amides is 1. The Bertz CT molecular complexity index is 873. The van der Waals surface area contributed by atoms with Gasteiger partial charge in [-0.15, -0.1) is 0 Å². The fraction of sp³-hybridized carbons (Fsp3) is 0.619. The van der Waals surface area contributed by atoms with Gasteiger partial charge in [-0.1, -0.05) is 13.8 Å². The third-order valence-corrected chi connectivity index (χ3v) is 5.07. The Morgan fingerprint density at radius 1 is 1.00 bits per heavy atom. The van der Waals surface area contributed by atoms with E-state index in [4.69, 9.17) is 11.5 Å². The summed E-state index contributed by atoms with van der Waals surface area (Å²) in [4.78, 5) is 67.6. The lowest BCUT2D eigenvalue weighted by Crippen LogP contribution is -2.58. The first kappa shape index (κ1) is 29.5. The van der Waals surface area contributed by atoms with Gasteiger partial charge in [-0.2, -0.15) is 0 Å². The third-order valence-electron chi connectivity index (χ3n) is 5.07. The number of rotatable bonds is 15. The molecule has 196 valence electrons. The van der Waals surface area contributed by atoms with E-state index in [0.29, 0.717) is 5.69 Å². The minimum atomic E-state index is -1.33. The molecule has 10 N–H and O–H groups in total. The van der Waals surface area contributed by atoms with Crippen molar-refractivity contribution in [1.29, 1.82) is 0 Å². The molecule has 1 aromatic heterocycles. The van der Waals surface area contributed by atoms with E-state index >= 15 is 0 Å². The second-order valence-electron chi connectivity index (χ2n) is 8.70. The summed E-state index contributed by atoms with van der Waals surface area (Å²) in [6, 6.07) is -5.02. The summed E-state index contributed by atoms with van der Waals surface area (Å²) in [7, 11) is 0. The maximum absolute atomic E-state index is 13.0. The molecule has 0 saturated heterocycles. The lowest BCUT2D eigenvalue weighted by atomic mass is 10.0. The minimum Gasteiger partial charge on any atom is -0.480 e. The summed E-state index contributed by atoms with van der Waals surface area (Å²) in [6.07, 6.45) is 1.30. The number of nitrogens with two attached hydrogens (primary N) is 2. The van der Waals surface area contributed by atoms with Gasteiger partial charge in [0.15, 0.2) is 0 Å². The van der Waals surface area contributed by atoms with Crippen LogP contribution in [0.2, 0.25) is 0 Å². The maximum atomic E-state index is 13.0. The number of amides is 4. The molecule has 0 saturated carbocycles. The number of nitrogens with one attached hydrogen (secondary N) is 4. The Kier molecular flexibility index (Phi) is 11.8. The van der Waals surface area contributed by atoms with Gasteiger partial charge in [0.25, 0.3) is 0 Å². The molecule has 0 aromatic carbocycles. The van der Waals surface area contributed by atoms with Crippen LogP contribution in [0.5, 0.6) is 0 Å². The van der Waals surface area contributed by atoms with Crippen LogP contribution in [-0.2, 0) is 30.4 Å². The second-order valence-corrected chi connectivity index (χ2v) is 8.70. The van der Waals surface area contributed by atoms with Crippen molar-refractivity contribution in [2.45, 2.75) is 76.7 Å². The van der Waals surface area contributed by atoms with Gasteiger partial charge in [-0.05, 0) is 25.7 Å². The molecule has 0 aliphatic carbocycles. The average Bonchev–Trinajstić information content (AvgIpc) is 3.27. The molecule has 14 nitrogen and oxygen atoms in total. The van der Waals surface area contributed by atoms with Crippen LogP contribution in [0.3, 0.4) is 0 Å². The summed E-state index contributed by atoms with van der Waals surface area (Å²) in [5.74, 6) is -4.42. The second kappa shape index (κ2) is 14.0. The smallest absolute Gasteiger partial charge is 0.326 e. The molecule has 0 aliphatic heterocycles. The van der Waals surface area contributed by atoms with Gasteiger partial charge < -0.3 is 42.6 Å². The van der Waals surface area contributed by atoms with E-state index in [-0.39, 0.29) is 31.6 Å². The van der Waals surface area contributed by atoms with Crippen molar-refractivity contribution in [3.05, 3.63) is 18.2 Å². The Labute approximate surface area is 202 Å². The zero-order chi connectivity index (χ0) is 26.7. The van der Waals surface area contributed by atoms with Gasteiger partial charge >= 0.3 is 5.97 Å². The van der Waals surface area contributed by atoms with E-state index in [2.05, 4.69) is 25.9 Å². The van der Waals surface area contributed by atoms with Gasteiger partial charge in [0.1, 0.15) is 24.2 Å². The SMILES string of the molecule is CC(C)CC(NC(=O)C(CCC(N)=O)NC(=O)C(N)C(C)O)C(=O)NC(Cc1cnc[nH]1)C(=O)O. The van der Waals surface area contributed by atoms with Crippen molar-refractivity contribution < 1.29 is 34.2 Å². The Morgan fingerprint density at radius 3 is 2.06 bits per heavy atom. The van der Waals surface area contributed by atoms with Crippen LogP contribution < -0.4 is 27.4 Å². The number of carbonyl (C=O) groups excluding carboxylic acids is 4. The zero-order valence-electron chi connectivity index (χ0n) is 20.0. The van der Waals surface area contributed by atoms with E-state index < -0.39 is 59.9 Å². The third kappa shape index (κ3) is 10.5. The van der Waals surface area contributed by atoms with Gasteiger partial charge in [0.05, 0.1) is 12.4 Å². The highest BCUT2D eigenvalue weighted by Gasteiger charge is 2.31. The minimum absolute atomic E-state index is 0.0576. The Balaban J connectivity index is 3.01. The van der Waals surface area contributed by atoms with Gasteiger partial charge in [-0.25, -0.2) is 9.78 Å². The molecule has 5 unspecified atom stereocenters. The molecule has 0 radical (unpaired) electrons. The fourth-order valence-electron chi connectivity index (χ4n) is 3.11. The number of hydrogen-bond donors (Lipinski definition) is 8. The average molecular weight is 498 g/mol. The standard InChI is InChI=1S/C21H35N7O7/c1-10(2)6-14(19(32)28-15(21(34)35)7-12-8-24-9-25-12)27-18(31)13(4-5-16(22)30)26-20(33)17(23)11(3)29/h8-11,13-15,17,29H,4-7,23H2,1-3H3,(H2,22,30)(H,24,25)(H,26,33)(H,27,31)(H,28,32)(H,34,35). The summed E-state index contributed by atoms with van der Waals surface area (Å²) < 4.78 is 0. The maximum Gasteiger partial charge on any atom is 0.326 e. The molecule has 0 fully saturated rings. The monoisotopic (exact) mass is 497 g/mol. The molecule has 5 atom stereocenters. The normalized spacial score (nSPS) is 15.4.